The smallest absolute Gasteiger partial charge is 0.188 e. The molecule has 3 nitrogen and oxygen atoms in total. The van der Waals surface area contributed by atoms with Crippen molar-refractivity contribution < 1.29 is 8.78 Å². The van der Waals surface area contributed by atoms with E-state index in [-0.39, 0.29) is 24.0 Å². The lowest BCUT2D eigenvalue weighted by molar-refractivity contribution is 0.579. The second-order valence-corrected chi connectivity index (χ2v) is 4.78. The first-order chi connectivity index (χ1) is 9.61. The third-order valence-electron chi connectivity index (χ3n) is 2.94. The van der Waals surface area contributed by atoms with Crippen LogP contribution in [0.25, 0.3) is 0 Å². The molecule has 1 rings (SSSR count). The Morgan fingerprint density at radius 2 is 1.81 bits per heavy atom. The summed E-state index contributed by atoms with van der Waals surface area (Å²) in [5, 5.41) is 2.94. The molecule has 0 fully saturated rings. The molecular weight excluding hydrogens is 387 g/mol. The van der Waals surface area contributed by atoms with Gasteiger partial charge in [0.15, 0.2) is 5.96 Å². The molecule has 0 aromatic heterocycles. The van der Waals surface area contributed by atoms with Crippen LogP contribution in [0.2, 0.25) is 0 Å². The normalized spacial score (nSPS) is 11.1. The maximum atomic E-state index is 13.0. The van der Waals surface area contributed by atoms with Crippen LogP contribution < -0.4 is 11.1 Å². The highest BCUT2D eigenvalue weighted by atomic mass is 127. The zero-order valence-corrected chi connectivity index (χ0v) is 14.7. The SMILES string of the molecule is CCCCCCN=C(N)NCCc1cc(F)cc(F)c1.I. The van der Waals surface area contributed by atoms with Gasteiger partial charge < -0.3 is 11.1 Å². The van der Waals surface area contributed by atoms with Gasteiger partial charge in [-0.15, -0.1) is 24.0 Å². The molecule has 0 saturated heterocycles. The van der Waals surface area contributed by atoms with Crippen molar-refractivity contribution in [2.45, 2.75) is 39.0 Å². The van der Waals surface area contributed by atoms with Gasteiger partial charge in [0, 0.05) is 19.2 Å². The van der Waals surface area contributed by atoms with Crippen molar-refractivity contribution in [3.63, 3.8) is 0 Å². The van der Waals surface area contributed by atoms with Gasteiger partial charge in [-0.25, -0.2) is 8.78 Å². The molecule has 1 aromatic rings. The first-order valence-corrected chi connectivity index (χ1v) is 7.10. The van der Waals surface area contributed by atoms with Crippen LogP contribution in [-0.4, -0.2) is 19.0 Å². The molecule has 0 aliphatic rings. The fourth-order valence-corrected chi connectivity index (χ4v) is 1.88. The van der Waals surface area contributed by atoms with Gasteiger partial charge in [-0.05, 0) is 30.5 Å². The van der Waals surface area contributed by atoms with E-state index in [2.05, 4.69) is 17.2 Å². The van der Waals surface area contributed by atoms with Crippen molar-refractivity contribution in [2.24, 2.45) is 10.7 Å². The number of hydrogen-bond acceptors (Lipinski definition) is 1. The minimum atomic E-state index is -0.558. The molecule has 0 heterocycles. The van der Waals surface area contributed by atoms with Crippen LogP contribution in [0.15, 0.2) is 23.2 Å². The number of rotatable bonds is 8. The number of hydrogen-bond donors (Lipinski definition) is 2. The van der Waals surface area contributed by atoms with Gasteiger partial charge in [0.05, 0.1) is 0 Å². The van der Waals surface area contributed by atoms with Gasteiger partial charge in [0.25, 0.3) is 0 Å². The van der Waals surface area contributed by atoms with Crippen LogP contribution in [-0.2, 0) is 6.42 Å². The van der Waals surface area contributed by atoms with Crippen molar-refractivity contribution in [3.05, 3.63) is 35.4 Å². The average molecular weight is 411 g/mol. The summed E-state index contributed by atoms with van der Waals surface area (Å²) in [6, 6.07) is 3.51. The van der Waals surface area contributed by atoms with Gasteiger partial charge in [0.2, 0.25) is 0 Å². The van der Waals surface area contributed by atoms with E-state index in [1.807, 2.05) is 0 Å². The number of nitrogens with one attached hydrogen (secondary N) is 1. The molecule has 0 aliphatic heterocycles. The number of aliphatic imine (C=N–C) groups is 1. The molecule has 6 heteroatoms. The van der Waals surface area contributed by atoms with Crippen LogP contribution in [0.4, 0.5) is 8.78 Å². The zero-order chi connectivity index (χ0) is 14.8. The molecule has 21 heavy (non-hydrogen) atoms. The van der Waals surface area contributed by atoms with Crippen molar-refractivity contribution in [1.82, 2.24) is 5.32 Å². The van der Waals surface area contributed by atoms with Crippen LogP contribution >= 0.6 is 24.0 Å². The fraction of sp³-hybridized carbons (Fsp3) is 0.533. The van der Waals surface area contributed by atoms with Gasteiger partial charge in [-0.3, -0.25) is 4.99 Å². The topological polar surface area (TPSA) is 50.4 Å². The largest absolute Gasteiger partial charge is 0.370 e. The van der Waals surface area contributed by atoms with Crippen LogP contribution in [0.1, 0.15) is 38.2 Å². The number of unbranched alkanes of at least 4 members (excludes halogenated alkanes) is 3. The zero-order valence-electron chi connectivity index (χ0n) is 12.4. The minimum Gasteiger partial charge on any atom is -0.370 e. The van der Waals surface area contributed by atoms with E-state index >= 15 is 0 Å². The van der Waals surface area contributed by atoms with E-state index in [0.717, 1.165) is 18.9 Å². The third-order valence-corrected chi connectivity index (χ3v) is 2.94. The third kappa shape index (κ3) is 9.60. The molecule has 0 spiro atoms. The molecule has 0 aliphatic carbocycles. The number of nitrogens with two attached hydrogens (primary N) is 1. The lowest BCUT2D eigenvalue weighted by Gasteiger charge is -2.06. The van der Waals surface area contributed by atoms with Crippen molar-refractivity contribution in [1.29, 1.82) is 0 Å². The summed E-state index contributed by atoms with van der Waals surface area (Å²) in [6.45, 7) is 3.38. The maximum absolute atomic E-state index is 13.0. The lowest BCUT2D eigenvalue weighted by atomic mass is 10.1. The average Bonchev–Trinajstić information content (AvgIpc) is 2.37. The Morgan fingerprint density at radius 3 is 2.43 bits per heavy atom. The lowest BCUT2D eigenvalue weighted by Crippen LogP contribution is -2.33. The first-order valence-electron chi connectivity index (χ1n) is 7.10. The van der Waals surface area contributed by atoms with E-state index in [1.165, 1.54) is 25.0 Å². The van der Waals surface area contributed by atoms with Gasteiger partial charge in [-0.1, -0.05) is 26.2 Å². The number of halogens is 3. The van der Waals surface area contributed by atoms with Gasteiger partial charge >= 0.3 is 0 Å². The van der Waals surface area contributed by atoms with Gasteiger partial charge in [-0.2, -0.15) is 0 Å². The summed E-state index contributed by atoms with van der Waals surface area (Å²) in [5.41, 5.74) is 6.31. The summed E-state index contributed by atoms with van der Waals surface area (Å²) in [5.74, 6) is -0.728. The fourth-order valence-electron chi connectivity index (χ4n) is 1.88. The predicted octanol–water partition coefficient (Wildman–Crippen LogP) is 3.61. The minimum absolute atomic E-state index is 0. The second kappa shape index (κ2) is 11.7. The van der Waals surface area contributed by atoms with E-state index in [4.69, 9.17) is 5.73 Å². The summed E-state index contributed by atoms with van der Waals surface area (Å²) < 4.78 is 25.9. The highest BCUT2D eigenvalue weighted by Crippen LogP contribution is 2.08. The van der Waals surface area contributed by atoms with E-state index in [1.54, 1.807) is 0 Å². The van der Waals surface area contributed by atoms with Crippen molar-refractivity contribution >= 4 is 29.9 Å². The highest BCUT2D eigenvalue weighted by molar-refractivity contribution is 14.0. The van der Waals surface area contributed by atoms with Crippen LogP contribution in [0.5, 0.6) is 0 Å². The first kappa shape index (κ1) is 20.1. The monoisotopic (exact) mass is 411 g/mol. The van der Waals surface area contributed by atoms with Crippen LogP contribution in [0.3, 0.4) is 0 Å². The Hall–Kier alpha value is -0.920. The predicted molar refractivity (Wildman–Crippen MR) is 94.1 cm³/mol. The number of guanidine groups is 1. The Balaban J connectivity index is 0.00000400. The molecular formula is C15H24F2IN3. The quantitative estimate of drug-likeness (QED) is 0.297. The Kier molecular flexibility index (Phi) is 11.2. The Bertz CT molecular complexity index is 419. The van der Waals surface area contributed by atoms with E-state index < -0.39 is 11.6 Å². The summed E-state index contributed by atoms with van der Waals surface area (Å²) in [4.78, 5) is 4.20. The molecule has 3 N–H and O–H groups in total. The van der Waals surface area contributed by atoms with Crippen LogP contribution in [0, 0.1) is 11.6 Å². The molecule has 0 radical (unpaired) electrons. The Labute approximate surface area is 142 Å². The molecule has 0 atom stereocenters. The number of nitrogens with zero attached hydrogens (tertiary/aromatic N) is 1. The van der Waals surface area contributed by atoms with Crippen molar-refractivity contribution in [2.75, 3.05) is 13.1 Å². The molecule has 120 valence electrons. The highest BCUT2D eigenvalue weighted by Gasteiger charge is 2.00. The maximum Gasteiger partial charge on any atom is 0.188 e. The second-order valence-electron chi connectivity index (χ2n) is 4.78. The summed E-state index contributed by atoms with van der Waals surface area (Å²) in [7, 11) is 0. The van der Waals surface area contributed by atoms with E-state index in [0.29, 0.717) is 31.0 Å². The molecule has 0 amide bonds. The van der Waals surface area contributed by atoms with Crippen molar-refractivity contribution in [3.8, 4) is 0 Å². The standard InChI is InChI=1S/C15H23F2N3.HI/c1-2-3-4-5-7-19-15(18)20-8-6-12-9-13(16)11-14(17)10-12;/h9-11H,2-8H2,1H3,(H3,18,19,20);1H. The van der Waals surface area contributed by atoms with Gasteiger partial charge in [0.1, 0.15) is 11.6 Å². The Morgan fingerprint density at radius 1 is 1.14 bits per heavy atom. The summed E-state index contributed by atoms with van der Waals surface area (Å²) in [6.07, 6.45) is 5.11. The summed E-state index contributed by atoms with van der Waals surface area (Å²) >= 11 is 0. The molecule has 0 saturated carbocycles. The molecule has 0 bridgehead atoms. The molecule has 0 unspecified atom stereocenters. The molecule has 1 aromatic carbocycles. The number of benzene rings is 1. The van der Waals surface area contributed by atoms with E-state index in [9.17, 15) is 8.78 Å².